The summed E-state index contributed by atoms with van der Waals surface area (Å²) in [5.74, 6) is -0.377. The highest BCUT2D eigenvalue weighted by Crippen LogP contribution is 2.48. The number of hydrogen-bond acceptors (Lipinski definition) is 8. The van der Waals surface area contributed by atoms with E-state index in [9.17, 15) is 19.8 Å². The Hall–Kier alpha value is -4.40. The number of methoxy groups -OCH3 is 2. The zero-order valence-corrected chi connectivity index (χ0v) is 21.5. The Morgan fingerprint density at radius 2 is 1.54 bits per heavy atom. The maximum atomic E-state index is 13.2. The summed E-state index contributed by atoms with van der Waals surface area (Å²) in [6.07, 6.45) is 7.17. The van der Waals surface area contributed by atoms with Crippen molar-refractivity contribution in [3.8, 4) is 23.0 Å². The van der Waals surface area contributed by atoms with Gasteiger partial charge in [-0.3, -0.25) is 14.6 Å². The Kier molecular flexibility index (Phi) is 7.15. The van der Waals surface area contributed by atoms with Crippen LogP contribution in [0.4, 0.5) is 0 Å². The molecular formula is C28H29N3O6. The van der Waals surface area contributed by atoms with Crippen molar-refractivity contribution in [3.05, 3.63) is 81.7 Å². The lowest BCUT2D eigenvalue weighted by molar-refractivity contribution is -0.116. The minimum Gasteiger partial charge on any atom is -0.504 e. The summed E-state index contributed by atoms with van der Waals surface area (Å²) < 4.78 is 12.2. The van der Waals surface area contributed by atoms with Gasteiger partial charge in [-0.1, -0.05) is 6.07 Å². The summed E-state index contributed by atoms with van der Waals surface area (Å²) in [7, 11) is 2.77. The van der Waals surface area contributed by atoms with E-state index in [4.69, 9.17) is 9.47 Å². The van der Waals surface area contributed by atoms with Crippen molar-refractivity contribution >= 4 is 11.6 Å². The Labute approximate surface area is 214 Å². The third-order valence-corrected chi connectivity index (χ3v) is 6.80. The van der Waals surface area contributed by atoms with Crippen LogP contribution in [0.2, 0.25) is 0 Å². The molecule has 4 rings (SSSR count). The number of carbonyl (C=O) groups excluding carboxylic acids is 2. The van der Waals surface area contributed by atoms with Crippen molar-refractivity contribution in [2.24, 2.45) is 0 Å². The molecule has 0 saturated carbocycles. The molecule has 0 spiro atoms. The van der Waals surface area contributed by atoms with Crippen LogP contribution in [0.15, 0.2) is 59.3 Å². The zero-order chi connectivity index (χ0) is 26.9. The summed E-state index contributed by atoms with van der Waals surface area (Å²) >= 11 is 0. The molecule has 1 aliphatic rings. The van der Waals surface area contributed by atoms with Crippen LogP contribution < -0.4 is 9.47 Å². The van der Waals surface area contributed by atoms with Gasteiger partial charge in [0.2, 0.25) is 11.5 Å². The van der Waals surface area contributed by atoms with E-state index in [2.05, 4.69) is 9.97 Å². The number of Topliss-reactive ketones (excluding diaryl/α,β-unsaturated/α-hetero) is 2. The van der Waals surface area contributed by atoms with E-state index in [1.54, 1.807) is 56.3 Å². The fourth-order valence-corrected chi connectivity index (χ4v) is 4.52. The van der Waals surface area contributed by atoms with Crippen LogP contribution in [0.1, 0.15) is 36.2 Å². The largest absolute Gasteiger partial charge is 0.504 e. The SMILES string of the molecule is COc1c(O)c(C)c(Cc2ccc(CC3=C(C)C(=O)C(Cn4ccnc4)=C(C)C3=O)nc2)c(O)c1OC. The van der Waals surface area contributed by atoms with Crippen molar-refractivity contribution in [2.45, 2.75) is 40.2 Å². The molecule has 2 N–H and O–H groups in total. The predicted octanol–water partition coefficient (Wildman–Crippen LogP) is 3.63. The van der Waals surface area contributed by atoms with Crippen molar-refractivity contribution in [3.63, 3.8) is 0 Å². The standard InChI is InChI=1S/C28H29N3O6/c1-15-21(23(32)17(3)22(24(15)33)13-31-9-8-29-14-31)11-19-7-6-18(12-30-19)10-20-16(2)25(34)27(36-4)28(37-5)26(20)35/h6-9,12,14,34-35H,10-11,13H2,1-5H3. The second-order valence-corrected chi connectivity index (χ2v) is 8.98. The summed E-state index contributed by atoms with van der Waals surface area (Å²) in [4.78, 5) is 34.7. The Balaban J connectivity index is 1.55. The molecule has 1 aromatic carbocycles. The number of phenolic OH excluding ortho intramolecular Hbond substituents is 2. The first-order valence-corrected chi connectivity index (χ1v) is 11.7. The lowest BCUT2D eigenvalue weighted by Crippen LogP contribution is -2.25. The molecule has 9 heteroatoms. The smallest absolute Gasteiger partial charge is 0.207 e. The maximum Gasteiger partial charge on any atom is 0.207 e. The average molecular weight is 504 g/mol. The normalized spacial score (nSPS) is 14.0. The first-order valence-electron chi connectivity index (χ1n) is 11.7. The number of ether oxygens (including phenoxy) is 2. The Bertz CT molecular complexity index is 1430. The lowest BCUT2D eigenvalue weighted by atomic mass is 9.83. The topological polar surface area (TPSA) is 124 Å². The van der Waals surface area contributed by atoms with E-state index in [1.165, 1.54) is 14.2 Å². The number of rotatable bonds is 8. The number of phenols is 2. The first kappa shape index (κ1) is 25.7. The summed E-state index contributed by atoms with van der Waals surface area (Å²) in [6, 6.07) is 3.63. The van der Waals surface area contributed by atoms with Crippen LogP contribution in [0.3, 0.4) is 0 Å². The molecule has 0 saturated heterocycles. The van der Waals surface area contributed by atoms with E-state index in [0.29, 0.717) is 45.7 Å². The molecular weight excluding hydrogens is 474 g/mol. The number of carbonyl (C=O) groups is 2. The van der Waals surface area contributed by atoms with Crippen molar-refractivity contribution in [1.82, 2.24) is 14.5 Å². The number of ketones is 2. The number of pyridine rings is 1. The van der Waals surface area contributed by atoms with Crippen LogP contribution >= 0.6 is 0 Å². The molecule has 0 unspecified atom stereocenters. The van der Waals surface area contributed by atoms with E-state index in [1.807, 2.05) is 6.07 Å². The van der Waals surface area contributed by atoms with Gasteiger partial charge in [-0.2, -0.15) is 0 Å². The molecule has 192 valence electrons. The molecule has 3 aromatic rings. The number of allylic oxidation sites excluding steroid dienone is 4. The molecule has 0 bridgehead atoms. The van der Waals surface area contributed by atoms with Gasteiger partial charge in [0.15, 0.2) is 23.1 Å². The van der Waals surface area contributed by atoms with Crippen LogP contribution in [-0.2, 0) is 29.0 Å². The van der Waals surface area contributed by atoms with Crippen molar-refractivity contribution in [2.75, 3.05) is 14.2 Å². The first-order chi connectivity index (χ1) is 17.7. The molecule has 37 heavy (non-hydrogen) atoms. The van der Waals surface area contributed by atoms with Gasteiger partial charge < -0.3 is 24.3 Å². The van der Waals surface area contributed by atoms with Crippen molar-refractivity contribution < 1.29 is 29.3 Å². The molecule has 0 fully saturated rings. The number of aromatic nitrogens is 3. The fourth-order valence-electron chi connectivity index (χ4n) is 4.52. The van der Waals surface area contributed by atoms with Crippen LogP contribution in [0.5, 0.6) is 23.0 Å². The number of benzene rings is 1. The molecule has 1 aliphatic carbocycles. The zero-order valence-electron chi connectivity index (χ0n) is 21.5. The van der Waals surface area contributed by atoms with Gasteiger partial charge in [0, 0.05) is 70.5 Å². The lowest BCUT2D eigenvalue weighted by Gasteiger charge is -2.21. The molecule has 9 nitrogen and oxygen atoms in total. The van der Waals surface area contributed by atoms with Gasteiger partial charge in [0.1, 0.15) is 0 Å². The van der Waals surface area contributed by atoms with Crippen molar-refractivity contribution in [1.29, 1.82) is 0 Å². The van der Waals surface area contributed by atoms with Gasteiger partial charge in [0.05, 0.1) is 27.1 Å². The highest BCUT2D eigenvalue weighted by molar-refractivity contribution is 6.24. The Morgan fingerprint density at radius 3 is 2.14 bits per heavy atom. The maximum absolute atomic E-state index is 13.2. The van der Waals surface area contributed by atoms with Crippen LogP contribution in [0.25, 0.3) is 0 Å². The van der Waals surface area contributed by atoms with Gasteiger partial charge in [-0.05, 0) is 32.4 Å². The monoisotopic (exact) mass is 503 g/mol. The summed E-state index contributed by atoms with van der Waals surface area (Å²) in [5, 5.41) is 21.2. The molecule has 0 amide bonds. The fraction of sp³-hybridized carbons (Fsp3) is 0.286. The van der Waals surface area contributed by atoms with E-state index >= 15 is 0 Å². The molecule has 2 aromatic heterocycles. The third kappa shape index (κ3) is 4.72. The number of nitrogens with zero attached hydrogens (tertiary/aromatic N) is 3. The Morgan fingerprint density at radius 1 is 0.892 bits per heavy atom. The van der Waals surface area contributed by atoms with E-state index in [0.717, 1.165) is 5.56 Å². The molecule has 0 atom stereocenters. The van der Waals surface area contributed by atoms with Gasteiger partial charge >= 0.3 is 0 Å². The summed E-state index contributed by atoms with van der Waals surface area (Å²) in [6.45, 7) is 5.35. The minimum atomic E-state index is -0.153. The third-order valence-electron chi connectivity index (χ3n) is 6.80. The molecule has 2 heterocycles. The number of aromatic hydroxyl groups is 2. The second-order valence-electron chi connectivity index (χ2n) is 8.98. The van der Waals surface area contributed by atoms with Crippen LogP contribution in [0, 0.1) is 6.92 Å². The highest BCUT2D eigenvalue weighted by Gasteiger charge is 2.30. The van der Waals surface area contributed by atoms with Gasteiger partial charge in [-0.25, -0.2) is 4.98 Å². The number of hydrogen-bond donors (Lipinski definition) is 2. The summed E-state index contributed by atoms with van der Waals surface area (Å²) in [5.41, 5.74) is 4.16. The quantitative estimate of drug-likeness (QED) is 0.353. The van der Waals surface area contributed by atoms with Gasteiger partial charge in [-0.15, -0.1) is 0 Å². The van der Waals surface area contributed by atoms with E-state index in [-0.39, 0.29) is 47.4 Å². The number of imidazole rings is 1. The highest BCUT2D eigenvalue weighted by atomic mass is 16.5. The molecule has 0 aliphatic heterocycles. The van der Waals surface area contributed by atoms with Gasteiger partial charge in [0.25, 0.3) is 0 Å². The van der Waals surface area contributed by atoms with E-state index < -0.39 is 0 Å². The average Bonchev–Trinajstić information content (AvgIpc) is 3.42. The predicted molar refractivity (Wildman–Crippen MR) is 136 cm³/mol. The minimum absolute atomic E-state index is 0.0592. The second kappa shape index (κ2) is 10.3. The van der Waals surface area contributed by atoms with Crippen LogP contribution in [-0.4, -0.2) is 50.5 Å². The molecule has 0 radical (unpaired) electrons.